The van der Waals surface area contributed by atoms with E-state index in [9.17, 15) is 0 Å². The van der Waals surface area contributed by atoms with Gasteiger partial charge in [0.15, 0.2) is 23.1 Å². The Hall–Kier alpha value is -8.16. The number of hydrogen-bond acceptors (Lipinski definition) is 7. The lowest BCUT2D eigenvalue weighted by atomic mass is 9.94. The Morgan fingerprint density at radius 2 is 0.847 bits per heavy atom. The standard InChI is InChI=1S/C52H32N6O/c1-4-12-33(13-5-1)34-24-28-37(29-25-34)46-48-47(55-32-54-46)45-30-40(31-53-52(45)59-48)35-22-26-36(27-23-35)41-18-10-20-43-42(41)19-11-21-44(43)51-57-49(38-14-6-2-7-15-38)56-50(58-51)39-16-8-3-9-17-39/h1-32H. The van der Waals surface area contributed by atoms with Crippen LogP contribution in [0.3, 0.4) is 0 Å². The number of aromatic nitrogens is 6. The third kappa shape index (κ3) is 6.27. The molecular formula is C52H32N6O. The van der Waals surface area contributed by atoms with Crippen molar-refractivity contribution in [2.24, 2.45) is 0 Å². The lowest BCUT2D eigenvalue weighted by molar-refractivity contribution is 0.652. The molecule has 0 amide bonds. The van der Waals surface area contributed by atoms with Gasteiger partial charge >= 0.3 is 0 Å². The number of benzene rings is 7. The van der Waals surface area contributed by atoms with Crippen molar-refractivity contribution in [3.05, 3.63) is 195 Å². The molecule has 0 saturated heterocycles. The highest BCUT2D eigenvalue weighted by molar-refractivity contribution is 6.07. The SMILES string of the molecule is c1ccc(-c2ccc(-c3ncnc4c3oc3ncc(-c5ccc(-c6cccc7c(-c8nc(-c9ccccc9)nc(-c9ccccc9)n8)cccc67)cc5)cc34)cc2)cc1. The highest BCUT2D eigenvalue weighted by Crippen LogP contribution is 2.38. The molecule has 0 radical (unpaired) electrons. The number of furan rings is 1. The van der Waals surface area contributed by atoms with E-state index in [2.05, 4.69) is 113 Å². The van der Waals surface area contributed by atoms with Gasteiger partial charge in [0.1, 0.15) is 17.5 Å². The van der Waals surface area contributed by atoms with E-state index >= 15 is 0 Å². The molecule has 0 fully saturated rings. The van der Waals surface area contributed by atoms with Crippen molar-refractivity contribution in [3.8, 4) is 78.8 Å². The van der Waals surface area contributed by atoms with Gasteiger partial charge in [0.2, 0.25) is 5.71 Å². The first-order valence-corrected chi connectivity index (χ1v) is 19.4. The average molecular weight is 757 g/mol. The van der Waals surface area contributed by atoms with Crippen molar-refractivity contribution in [2.75, 3.05) is 0 Å². The van der Waals surface area contributed by atoms with Crippen LogP contribution in [0.15, 0.2) is 199 Å². The first-order chi connectivity index (χ1) is 29.2. The fraction of sp³-hybridized carbons (Fsp3) is 0. The van der Waals surface area contributed by atoms with Gasteiger partial charge in [-0.25, -0.2) is 29.9 Å². The van der Waals surface area contributed by atoms with Gasteiger partial charge < -0.3 is 4.42 Å². The highest BCUT2D eigenvalue weighted by atomic mass is 16.3. The Labute approximate surface area is 339 Å². The molecule has 4 heterocycles. The van der Waals surface area contributed by atoms with Crippen molar-refractivity contribution in [3.63, 3.8) is 0 Å². The summed E-state index contributed by atoms with van der Waals surface area (Å²) in [7, 11) is 0. The molecule has 0 aliphatic heterocycles. The molecule has 0 saturated carbocycles. The van der Waals surface area contributed by atoms with Gasteiger partial charge in [-0.3, -0.25) is 0 Å². The van der Waals surface area contributed by atoms with Gasteiger partial charge in [-0.15, -0.1) is 0 Å². The molecule has 0 N–H and O–H groups in total. The second kappa shape index (κ2) is 14.4. The van der Waals surface area contributed by atoms with E-state index in [-0.39, 0.29) is 0 Å². The Morgan fingerprint density at radius 3 is 1.49 bits per heavy atom. The summed E-state index contributed by atoms with van der Waals surface area (Å²) in [5, 5.41) is 3.02. The molecule has 7 heteroatoms. The van der Waals surface area contributed by atoms with Crippen LogP contribution in [0.2, 0.25) is 0 Å². The normalized spacial score (nSPS) is 11.4. The van der Waals surface area contributed by atoms with Crippen LogP contribution in [-0.2, 0) is 0 Å². The molecule has 59 heavy (non-hydrogen) atoms. The van der Waals surface area contributed by atoms with Gasteiger partial charge in [0.05, 0.1) is 5.39 Å². The molecule has 0 aliphatic rings. The monoisotopic (exact) mass is 756 g/mol. The molecule has 11 rings (SSSR count). The second-order valence-electron chi connectivity index (χ2n) is 14.3. The molecular weight excluding hydrogens is 725 g/mol. The zero-order chi connectivity index (χ0) is 39.1. The minimum Gasteiger partial charge on any atom is -0.434 e. The predicted octanol–water partition coefficient (Wildman–Crippen LogP) is 12.8. The molecule has 7 nitrogen and oxygen atoms in total. The van der Waals surface area contributed by atoms with Crippen LogP contribution in [0.4, 0.5) is 0 Å². The Kier molecular flexibility index (Phi) is 8.33. The zero-order valence-corrected chi connectivity index (χ0v) is 31.6. The average Bonchev–Trinajstić information content (AvgIpc) is 3.70. The quantitative estimate of drug-likeness (QED) is 0.160. The van der Waals surface area contributed by atoms with E-state index in [1.54, 1.807) is 6.33 Å². The predicted molar refractivity (Wildman–Crippen MR) is 236 cm³/mol. The summed E-state index contributed by atoms with van der Waals surface area (Å²) in [6.45, 7) is 0. The number of hydrogen-bond donors (Lipinski definition) is 0. The number of nitrogens with zero attached hydrogens (tertiary/aromatic N) is 6. The first-order valence-electron chi connectivity index (χ1n) is 19.4. The van der Waals surface area contributed by atoms with Crippen LogP contribution in [0.1, 0.15) is 0 Å². The molecule has 11 aromatic rings. The van der Waals surface area contributed by atoms with Crippen molar-refractivity contribution in [1.82, 2.24) is 29.9 Å². The molecule has 0 atom stereocenters. The highest BCUT2D eigenvalue weighted by Gasteiger charge is 2.18. The molecule has 0 bridgehead atoms. The van der Waals surface area contributed by atoms with Crippen LogP contribution < -0.4 is 0 Å². The summed E-state index contributed by atoms with van der Waals surface area (Å²) in [6.07, 6.45) is 3.45. The fourth-order valence-corrected chi connectivity index (χ4v) is 7.80. The summed E-state index contributed by atoms with van der Waals surface area (Å²) in [5.41, 5.74) is 12.9. The lowest BCUT2D eigenvalue weighted by Gasteiger charge is -2.13. The molecule has 7 aromatic carbocycles. The molecule has 4 aromatic heterocycles. The fourth-order valence-electron chi connectivity index (χ4n) is 7.80. The van der Waals surface area contributed by atoms with Gasteiger partial charge in [0.25, 0.3) is 0 Å². The zero-order valence-electron chi connectivity index (χ0n) is 31.6. The number of rotatable bonds is 7. The van der Waals surface area contributed by atoms with E-state index in [0.717, 1.165) is 77.4 Å². The number of pyridine rings is 1. The summed E-state index contributed by atoms with van der Waals surface area (Å²) in [5.74, 6) is 1.90. The van der Waals surface area contributed by atoms with E-state index in [1.165, 1.54) is 5.56 Å². The number of fused-ring (bicyclic) bond motifs is 4. The molecule has 0 unspecified atom stereocenters. The van der Waals surface area contributed by atoms with Gasteiger partial charge in [-0.1, -0.05) is 176 Å². The maximum atomic E-state index is 6.31. The van der Waals surface area contributed by atoms with E-state index in [0.29, 0.717) is 28.8 Å². The van der Waals surface area contributed by atoms with Gasteiger partial charge in [-0.05, 0) is 44.7 Å². The Morgan fingerprint density at radius 1 is 0.339 bits per heavy atom. The van der Waals surface area contributed by atoms with Crippen LogP contribution in [0, 0.1) is 0 Å². The van der Waals surface area contributed by atoms with Crippen molar-refractivity contribution in [2.45, 2.75) is 0 Å². The van der Waals surface area contributed by atoms with E-state index < -0.39 is 0 Å². The minimum atomic E-state index is 0.527. The van der Waals surface area contributed by atoms with Crippen molar-refractivity contribution < 1.29 is 4.42 Å². The third-order valence-electron chi connectivity index (χ3n) is 10.8. The van der Waals surface area contributed by atoms with Gasteiger partial charge in [0, 0.05) is 34.0 Å². The molecule has 276 valence electrons. The maximum absolute atomic E-state index is 6.31. The maximum Gasteiger partial charge on any atom is 0.229 e. The summed E-state index contributed by atoms with van der Waals surface area (Å²) >= 11 is 0. The minimum absolute atomic E-state index is 0.527. The van der Waals surface area contributed by atoms with Crippen molar-refractivity contribution >= 4 is 33.0 Å². The van der Waals surface area contributed by atoms with Crippen LogP contribution in [0.25, 0.3) is 112 Å². The summed E-state index contributed by atoms with van der Waals surface area (Å²) in [4.78, 5) is 29.0. The van der Waals surface area contributed by atoms with Crippen LogP contribution in [-0.4, -0.2) is 29.9 Å². The van der Waals surface area contributed by atoms with Crippen molar-refractivity contribution in [1.29, 1.82) is 0 Å². The lowest BCUT2D eigenvalue weighted by Crippen LogP contribution is -2.00. The Balaban J connectivity index is 0.933. The summed E-state index contributed by atoms with van der Waals surface area (Å²) < 4.78 is 6.31. The van der Waals surface area contributed by atoms with Crippen LogP contribution in [0.5, 0.6) is 0 Å². The topological polar surface area (TPSA) is 90.5 Å². The second-order valence-corrected chi connectivity index (χ2v) is 14.3. The van der Waals surface area contributed by atoms with E-state index in [4.69, 9.17) is 24.4 Å². The summed E-state index contributed by atoms with van der Waals surface area (Å²) in [6, 6.07) is 62.3. The first kappa shape index (κ1) is 34.1. The smallest absolute Gasteiger partial charge is 0.229 e. The molecule has 0 aliphatic carbocycles. The largest absolute Gasteiger partial charge is 0.434 e. The van der Waals surface area contributed by atoms with E-state index in [1.807, 2.05) is 85.1 Å². The van der Waals surface area contributed by atoms with Gasteiger partial charge in [-0.2, -0.15) is 0 Å². The Bertz CT molecular complexity index is 3240. The van der Waals surface area contributed by atoms with Crippen LogP contribution >= 0.6 is 0 Å². The molecule has 0 spiro atoms. The third-order valence-corrected chi connectivity index (χ3v) is 10.8.